The van der Waals surface area contributed by atoms with Crippen molar-refractivity contribution in [2.75, 3.05) is 0 Å². The maximum Gasteiger partial charge on any atom is 0.306 e. The molecule has 2 unspecified atom stereocenters. The second-order valence-corrected chi connectivity index (χ2v) is 11.8. The summed E-state index contributed by atoms with van der Waals surface area (Å²) < 4.78 is 0. The molecule has 0 bridgehead atoms. The van der Waals surface area contributed by atoms with Crippen molar-refractivity contribution in [3.63, 3.8) is 0 Å². The normalized spacial score (nSPS) is 40.0. The van der Waals surface area contributed by atoms with Gasteiger partial charge in [0.15, 0.2) is 0 Å². The molecule has 3 fully saturated rings. The maximum atomic E-state index is 11.3. The summed E-state index contributed by atoms with van der Waals surface area (Å²) in [5.41, 5.74) is 3.57. The molecule has 0 aliphatic heterocycles. The Kier molecular flexibility index (Phi) is 8.32. The molecular formula is C29H46O4. The molecule has 0 radical (unpaired) electrons. The zero-order valence-electron chi connectivity index (χ0n) is 21.4. The fraction of sp³-hybridized carbons (Fsp3) is 0.759. The number of carboxylic acid groups (broad SMARTS) is 1. The Balaban J connectivity index is 1.70. The van der Waals surface area contributed by atoms with Gasteiger partial charge in [0, 0.05) is 5.92 Å². The molecule has 0 saturated heterocycles. The Morgan fingerprint density at radius 1 is 1.18 bits per heavy atom. The number of carbonyl (C=O) groups is 1. The molecule has 3 aliphatic rings. The number of hydrogen-bond donors (Lipinski definition) is 3. The minimum atomic E-state index is -0.686. The third-order valence-corrected chi connectivity index (χ3v) is 9.85. The molecular weight excluding hydrogens is 412 g/mol. The molecule has 33 heavy (non-hydrogen) atoms. The van der Waals surface area contributed by atoms with Crippen LogP contribution in [-0.4, -0.2) is 33.5 Å². The van der Waals surface area contributed by atoms with Crippen LogP contribution in [0.5, 0.6) is 0 Å². The van der Waals surface area contributed by atoms with Crippen LogP contribution in [0.3, 0.4) is 0 Å². The summed E-state index contributed by atoms with van der Waals surface area (Å²) in [6.07, 6.45) is 11.9. The number of allylic oxidation sites excluding steroid dienone is 3. The van der Waals surface area contributed by atoms with E-state index in [1.54, 1.807) is 0 Å². The monoisotopic (exact) mass is 458 g/mol. The molecule has 3 N–H and O–H groups in total. The number of aliphatic hydroxyl groups excluding tert-OH is 2. The molecule has 0 aromatic carbocycles. The summed E-state index contributed by atoms with van der Waals surface area (Å²) >= 11 is 0. The van der Waals surface area contributed by atoms with Gasteiger partial charge in [-0.1, -0.05) is 65.3 Å². The van der Waals surface area contributed by atoms with Gasteiger partial charge in [0.2, 0.25) is 0 Å². The highest BCUT2D eigenvalue weighted by Gasteiger charge is 2.50. The smallest absolute Gasteiger partial charge is 0.306 e. The molecule has 3 aliphatic carbocycles. The van der Waals surface area contributed by atoms with Gasteiger partial charge in [-0.05, 0) is 85.2 Å². The Morgan fingerprint density at radius 2 is 1.88 bits per heavy atom. The minimum absolute atomic E-state index is 0.168. The number of hydrogen-bond acceptors (Lipinski definition) is 3. The molecule has 0 heterocycles. The van der Waals surface area contributed by atoms with E-state index in [0.717, 1.165) is 30.4 Å². The van der Waals surface area contributed by atoms with Crippen LogP contribution < -0.4 is 0 Å². The van der Waals surface area contributed by atoms with Crippen molar-refractivity contribution < 1.29 is 20.1 Å². The predicted octanol–water partition coefficient (Wildman–Crippen LogP) is 6.15. The maximum absolute atomic E-state index is 11.3. The van der Waals surface area contributed by atoms with E-state index in [1.807, 2.05) is 13.8 Å². The lowest BCUT2D eigenvalue weighted by Crippen LogP contribution is -2.36. The molecule has 0 aromatic heterocycles. The molecule has 4 heteroatoms. The van der Waals surface area contributed by atoms with E-state index in [2.05, 4.69) is 39.5 Å². The van der Waals surface area contributed by atoms with E-state index in [1.165, 1.54) is 31.3 Å². The third-order valence-electron chi connectivity index (χ3n) is 9.85. The molecule has 3 rings (SSSR count). The quantitative estimate of drug-likeness (QED) is 0.428. The molecule has 9 atom stereocenters. The highest BCUT2D eigenvalue weighted by Crippen LogP contribution is 2.60. The number of aliphatic carboxylic acids is 1. The molecule has 186 valence electrons. The van der Waals surface area contributed by atoms with Gasteiger partial charge < -0.3 is 15.3 Å². The number of fused-ring (bicyclic) bond motifs is 1. The van der Waals surface area contributed by atoms with Crippen molar-refractivity contribution in [3.8, 4) is 0 Å². The summed E-state index contributed by atoms with van der Waals surface area (Å²) in [6, 6.07) is 0. The van der Waals surface area contributed by atoms with Crippen LogP contribution in [0.15, 0.2) is 35.5 Å². The van der Waals surface area contributed by atoms with E-state index in [9.17, 15) is 20.1 Å². The van der Waals surface area contributed by atoms with Crippen LogP contribution in [0.4, 0.5) is 0 Å². The fourth-order valence-electron chi connectivity index (χ4n) is 7.08. The standard InChI is InChI=1S/C29H46O4/c1-17(19(3)28(32)33)9-10-18(2)24-13-14-25-22(8-7-15-29(24,25)6)11-12-23-16-26(30)21(5)27(31)20(23)4/h11-12,17-19,21,24-27,30-31H,4,7-10,13-16H2,1-3,5-6H3,(H,32,33)/b22-11+,23-12-/t17-,18-,19?,21+,24-,25?,26-,27-,29-/m1/s1. The number of rotatable bonds is 7. The van der Waals surface area contributed by atoms with E-state index in [0.29, 0.717) is 29.6 Å². The lowest BCUT2D eigenvalue weighted by Gasteiger charge is -2.44. The molecule has 4 nitrogen and oxygen atoms in total. The average Bonchev–Trinajstić information content (AvgIpc) is 3.14. The second-order valence-electron chi connectivity index (χ2n) is 11.8. The van der Waals surface area contributed by atoms with Crippen molar-refractivity contribution in [3.05, 3.63) is 35.5 Å². The first-order valence-corrected chi connectivity index (χ1v) is 13.1. The van der Waals surface area contributed by atoms with Crippen LogP contribution in [0.25, 0.3) is 0 Å². The van der Waals surface area contributed by atoms with Crippen molar-refractivity contribution in [2.24, 2.45) is 40.9 Å². The van der Waals surface area contributed by atoms with Crippen LogP contribution in [0, 0.1) is 40.9 Å². The third kappa shape index (κ3) is 5.32. The Hall–Kier alpha value is -1.39. The first-order chi connectivity index (χ1) is 15.5. The lowest BCUT2D eigenvalue weighted by atomic mass is 9.60. The van der Waals surface area contributed by atoms with Crippen LogP contribution in [0.2, 0.25) is 0 Å². The first-order valence-electron chi connectivity index (χ1n) is 13.1. The van der Waals surface area contributed by atoms with Crippen molar-refractivity contribution in [1.29, 1.82) is 0 Å². The van der Waals surface area contributed by atoms with Gasteiger partial charge in [-0.2, -0.15) is 0 Å². The van der Waals surface area contributed by atoms with Crippen molar-refractivity contribution in [1.82, 2.24) is 0 Å². The summed E-state index contributed by atoms with van der Waals surface area (Å²) in [5, 5.41) is 30.0. The van der Waals surface area contributed by atoms with Crippen molar-refractivity contribution >= 4 is 5.97 Å². The Bertz CT molecular complexity index is 795. The predicted molar refractivity (Wildman–Crippen MR) is 134 cm³/mol. The molecule has 3 saturated carbocycles. The number of carboxylic acids is 1. The minimum Gasteiger partial charge on any atom is -0.481 e. The lowest BCUT2D eigenvalue weighted by molar-refractivity contribution is -0.142. The van der Waals surface area contributed by atoms with E-state index in [4.69, 9.17) is 0 Å². The van der Waals surface area contributed by atoms with Crippen LogP contribution in [-0.2, 0) is 4.79 Å². The zero-order chi connectivity index (χ0) is 24.5. The van der Waals surface area contributed by atoms with Gasteiger partial charge in [0.1, 0.15) is 0 Å². The summed E-state index contributed by atoms with van der Waals surface area (Å²) in [6.45, 7) is 14.8. The van der Waals surface area contributed by atoms with E-state index < -0.39 is 18.2 Å². The average molecular weight is 459 g/mol. The van der Waals surface area contributed by atoms with Gasteiger partial charge in [0.25, 0.3) is 0 Å². The van der Waals surface area contributed by atoms with Crippen LogP contribution in [0.1, 0.15) is 86.0 Å². The highest BCUT2D eigenvalue weighted by molar-refractivity contribution is 5.69. The number of aliphatic hydroxyl groups is 2. The summed E-state index contributed by atoms with van der Waals surface area (Å²) in [7, 11) is 0. The fourth-order valence-corrected chi connectivity index (χ4v) is 7.08. The second kappa shape index (κ2) is 10.5. The van der Waals surface area contributed by atoms with Gasteiger partial charge in [-0.15, -0.1) is 0 Å². The first kappa shape index (κ1) is 26.2. The Morgan fingerprint density at radius 3 is 2.55 bits per heavy atom. The molecule has 0 spiro atoms. The van der Waals surface area contributed by atoms with E-state index in [-0.39, 0.29) is 17.8 Å². The molecule has 0 aromatic rings. The highest BCUT2D eigenvalue weighted by atomic mass is 16.4. The van der Waals surface area contributed by atoms with E-state index >= 15 is 0 Å². The van der Waals surface area contributed by atoms with Gasteiger partial charge >= 0.3 is 5.97 Å². The zero-order valence-corrected chi connectivity index (χ0v) is 21.4. The summed E-state index contributed by atoms with van der Waals surface area (Å²) in [4.78, 5) is 11.3. The van der Waals surface area contributed by atoms with Gasteiger partial charge in [0.05, 0.1) is 18.1 Å². The van der Waals surface area contributed by atoms with Crippen LogP contribution >= 0.6 is 0 Å². The van der Waals surface area contributed by atoms with Gasteiger partial charge in [-0.3, -0.25) is 4.79 Å². The van der Waals surface area contributed by atoms with Gasteiger partial charge in [-0.25, -0.2) is 0 Å². The molecule has 0 amide bonds. The Labute approximate surface area is 200 Å². The largest absolute Gasteiger partial charge is 0.481 e. The van der Waals surface area contributed by atoms with Crippen molar-refractivity contribution in [2.45, 2.75) is 98.2 Å². The topological polar surface area (TPSA) is 77.8 Å². The summed E-state index contributed by atoms with van der Waals surface area (Å²) in [5.74, 6) is 0.951. The SMILES string of the molecule is C=C1/C(=C\C=C2/CCC[C@@]3(C)C2CC[C@@H]3[C@H](C)CC[C@@H](C)C(C)C(=O)O)C[C@@H](O)[C@H](C)[C@@H]1O.